The summed E-state index contributed by atoms with van der Waals surface area (Å²) >= 11 is 0. The first kappa shape index (κ1) is 21.2. The molecule has 1 aliphatic rings. The van der Waals surface area contributed by atoms with E-state index in [2.05, 4.69) is 24.5 Å². The van der Waals surface area contributed by atoms with E-state index in [0.717, 1.165) is 18.8 Å². The molecule has 1 aromatic carbocycles. The molecule has 2 rings (SSSR count). The van der Waals surface area contributed by atoms with Gasteiger partial charge in [0.1, 0.15) is 0 Å². The molecule has 1 saturated heterocycles. The molecule has 0 radical (unpaired) electrons. The van der Waals surface area contributed by atoms with Crippen LogP contribution in [0.25, 0.3) is 0 Å². The summed E-state index contributed by atoms with van der Waals surface area (Å²) < 4.78 is 5.30. The highest BCUT2D eigenvalue weighted by Crippen LogP contribution is 2.18. The highest BCUT2D eigenvalue weighted by Gasteiger charge is 2.21. The van der Waals surface area contributed by atoms with Gasteiger partial charge in [0.05, 0.1) is 24.5 Å². The van der Waals surface area contributed by atoms with E-state index in [1.807, 2.05) is 12.1 Å². The monoisotopic (exact) mass is 375 g/mol. The first-order valence-corrected chi connectivity index (χ1v) is 10.1. The van der Waals surface area contributed by atoms with Gasteiger partial charge < -0.3 is 20.3 Å². The van der Waals surface area contributed by atoms with Gasteiger partial charge in [0.2, 0.25) is 0 Å². The Morgan fingerprint density at radius 2 is 1.78 bits per heavy atom. The maximum atomic E-state index is 12.7. The van der Waals surface area contributed by atoms with E-state index < -0.39 is 0 Å². The van der Waals surface area contributed by atoms with Crippen LogP contribution in [-0.4, -0.2) is 49.7 Å². The van der Waals surface area contributed by atoms with Gasteiger partial charge in [-0.3, -0.25) is 4.79 Å². The third kappa shape index (κ3) is 7.59. The first-order chi connectivity index (χ1) is 13.1. The van der Waals surface area contributed by atoms with Crippen molar-refractivity contribution in [1.82, 2.24) is 10.2 Å². The molecule has 1 fully saturated rings. The summed E-state index contributed by atoms with van der Waals surface area (Å²) in [4.78, 5) is 26.6. The summed E-state index contributed by atoms with van der Waals surface area (Å²) in [5.41, 5.74) is 1.06. The van der Waals surface area contributed by atoms with Crippen LogP contribution < -0.4 is 10.6 Å². The molecule has 150 valence electrons. The second-order valence-electron chi connectivity index (χ2n) is 7.43. The number of morpholine rings is 1. The van der Waals surface area contributed by atoms with Gasteiger partial charge in [-0.15, -0.1) is 0 Å². The van der Waals surface area contributed by atoms with Gasteiger partial charge in [0.25, 0.3) is 5.91 Å². The lowest BCUT2D eigenvalue weighted by Crippen LogP contribution is -2.41. The molecule has 1 aromatic rings. The highest BCUT2D eigenvalue weighted by atomic mass is 16.5. The van der Waals surface area contributed by atoms with Crippen LogP contribution in [0.4, 0.5) is 10.5 Å². The molecule has 1 heterocycles. The van der Waals surface area contributed by atoms with Crippen molar-refractivity contribution in [1.29, 1.82) is 0 Å². The molecule has 1 aliphatic heterocycles. The Kier molecular flexibility index (Phi) is 9.11. The van der Waals surface area contributed by atoms with Crippen LogP contribution in [0.5, 0.6) is 0 Å². The zero-order valence-electron chi connectivity index (χ0n) is 16.6. The van der Waals surface area contributed by atoms with Crippen LogP contribution in [0.15, 0.2) is 24.3 Å². The fourth-order valence-corrected chi connectivity index (χ4v) is 3.11. The van der Waals surface area contributed by atoms with E-state index in [4.69, 9.17) is 4.74 Å². The number of urea groups is 1. The number of nitrogens with zero attached hydrogens (tertiary/aromatic N) is 1. The Morgan fingerprint density at radius 1 is 1.07 bits per heavy atom. The molecule has 0 saturated carbocycles. The predicted octanol–water partition coefficient (Wildman–Crippen LogP) is 3.89. The second-order valence-corrected chi connectivity index (χ2v) is 7.43. The number of unbranched alkanes of at least 4 members (excludes halogenated alkanes) is 3. The van der Waals surface area contributed by atoms with E-state index in [0.29, 0.717) is 44.1 Å². The molecule has 0 unspecified atom stereocenters. The fourth-order valence-electron chi connectivity index (χ4n) is 3.11. The number of ether oxygens (including phenoxy) is 1. The molecular weight excluding hydrogens is 342 g/mol. The summed E-state index contributed by atoms with van der Waals surface area (Å²) in [6, 6.07) is 6.88. The topological polar surface area (TPSA) is 70.7 Å². The SMILES string of the molecule is CC(C)CCCCCCNC(=O)Nc1ccccc1C(=O)N1CCOCC1. The molecule has 6 heteroatoms. The second kappa shape index (κ2) is 11.6. The fraction of sp³-hybridized carbons (Fsp3) is 0.619. The van der Waals surface area contributed by atoms with Crippen LogP contribution in [-0.2, 0) is 4.74 Å². The van der Waals surface area contributed by atoms with Gasteiger partial charge in [-0.05, 0) is 24.5 Å². The van der Waals surface area contributed by atoms with E-state index in [1.165, 1.54) is 19.3 Å². The Hall–Kier alpha value is -2.08. The summed E-state index contributed by atoms with van der Waals surface area (Å²) in [6.07, 6.45) is 5.82. The van der Waals surface area contributed by atoms with E-state index in [-0.39, 0.29) is 11.9 Å². The number of carbonyl (C=O) groups excluding carboxylic acids is 2. The minimum Gasteiger partial charge on any atom is -0.378 e. The van der Waals surface area contributed by atoms with Crippen molar-refractivity contribution < 1.29 is 14.3 Å². The average Bonchev–Trinajstić information content (AvgIpc) is 2.67. The van der Waals surface area contributed by atoms with Crippen molar-refractivity contribution in [3.05, 3.63) is 29.8 Å². The summed E-state index contributed by atoms with van der Waals surface area (Å²) in [6.45, 7) is 7.40. The van der Waals surface area contributed by atoms with Crippen molar-refractivity contribution in [2.45, 2.75) is 46.0 Å². The van der Waals surface area contributed by atoms with Gasteiger partial charge in [0.15, 0.2) is 0 Å². The van der Waals surface area contributed by atoms with Crippen LogP contribution in [0.3, 0.4) is 0 Å². The van der Waals surface area contributed by atoms with Gasteiger partial charge in [0, 0.05) is 19.6 Å². The molecule has 0 bridgehead atoms. The van der Waals surface area contributed by atoms with Gasteiger partial charge in [-0.1, -0.05) is 51.7 Å². The lowest BCUT2D eigenvalue weighted by atomic mass is 10.0. The van der Waals surface area contributed by atoms with Crippen molar-refractivity contribution >= 4 is 17.6 Å². The van der Waals surface area contributed by atoms with Crippen LogP contribution in [0, 0.1) is 5.92 Å². The molecule has 0 atom stereocenters. The molecule has 6 nitrogen and oxygen atoms in total. The Bertz CT molecular complexity index is 598. The van der Waals surface area contributed by atoms with E-state index >= 15 is 0 Å². The lowest BCUT2D eigenvalue weighted by Gasteiger charge is -2.27. The number of hydrogen-bond acceptors (Lipinski definition) is 3. The number of anilines is 1. The quantitative estimate of drug-likeness (QED) is 0.643. The molecular formula is C21H33N3O3. The molecule has 0 aliphatic carbocycles. The molecule has 2 N–H and O–H groups in total. The first-order valence-electron chi connectivity index (χ1n) is 10.1. The van der Waals surface area contributed by atoms with Crippen LogP contribution in [0.1, 0.15) is 56.3 Å². The lowest BCUT2D eigenvalue weighted by molar-refractivity contribution is 0.0303. The van der Waals surface area contributed by atoms with E-state index in [1.54, 1.807) is 17.0 Å². The number of benzene rings is 1. The van der Waals surface area contributed by atoms with Crippen LogP contribution in [0.2, 0.25) is 0 Å². The van der Waals surface area contributed by atoms with Crippen LogP contribution >= 0.6 is 0 Å². The Labute approximate surface area is 162 Å². The van der Waals surface area contributed by atoms with Gasteiger partial charge >= 0.3 is 6.03 Å². The number of para-hydroxylation sites is 1. The minimum atomic E-state index is -0.264. The summed E-state index contributed by atoms with van der Waals surface area (Å²) in [5.74, 6) is 0.688. The molecule has 27 heavy (non-hydrogen) atoms. The third-order valence-electron chi connectivity index (χ3n) is 4.70. The Balaban J connectivity index is 1.76. The number of carbonyl (C=O) groups is 2. The smallest absolute Gasteiger partial charge is 0.319 e. The predicted molar refractivity (Wildman–Crippen MR) is 108 cm³/mol. The van der Waals surface area contributed by atoms with Crippen molar-refractivity contribution in [3.63, 3.8) is 0 Å². The van der Waals surface area contributed by atoms with Crippen molar-refractivity contribution in [2.75, 3.05) is 38.2 Å². The maximum absolute atomic E-state index is 12.7. The normalized spacial score (nSPS) is 14.3. The summed E-state index contributed by atoms with van der Waals surface area (Å²) in [7, 11) is 0. The zero-order chi connectivity index (χ0) is 19.5. The number of nitrogens with one attached hydrogen (secondary N) is 2. The minimum absolute atomic E-state index is 0.0700. The van der Waals surface area contributed by atoms with Gasteiger partial charge in [-0.2, -0.15) is 0 Å². The standard InChI is InChI=1S/C21H33N3O3/c1-17(2)9-5-3-4-8-12-22-21(26)23-19-11-7-6-10-18(19)20(25)24-13-15-27-16-14-24/h6-7,10-11,17H,3-5,8-9,12-16H2,1-2H3,(H2,22,23,26). The van der Waals surface area contributed by atoms with Crippen molar-refractivity contribution in [3.8, 4) is 0 Å². The summed E-state index contributed by atoms with van der Waals surface area (Å²) in [5, 5.41) is 5.70. The highest BCUT2D eigenvalue weighted by molar-refractivity contribution is 6.03. The average molecular weight is 376 g/mol. The molecule has 3 amide bonds. The zero-order valence-corrected chi connectivity index (χ0v) is 16.6. The maximum Gasteiger partial charge on any atom is 0.319 e. The number of rotatable bonds is 9. The van der Waals surface area contributed by atoms with Gasteiger partial charge in [-0.25, -0.2) is 4.79 Å². The largest absolute Gasteiger partial charge is 0.378 e. The van der Waals surface area contributed by atoms with E-state index in [9.17, 15) is 9.59 Å². The van der Waals surface area contributed by atoms with Crippen molar-refractivity contribution in [2.24, 2.45) is 5.92 Å². The molecule has 0 spiro atoms. The Morgan fingerprint density at radius 3 is 2.52 bits per heavy atom. The number of hydrogen-bond donors (Lipinski definition) is 2. The number of amides is 3. The third-order valence-corrected chi connectivity index (χ3v) is 4.70. The molecule has 0 aromatic heterocycles.